The van der Waals surface area contributed by atoms with Gasteiger partial charge in [0.05, 0.1) is 5.92 Å². The first kappa shape index (κ1) is 21.8. The van der Waals surface area contributed by atoms with Crippen molar-refractivity contribution in [3.8, 4) is 5.75 Å². The summed E-state index contributed by atoms with van der Waals surface area (Å²) in [5.74, 6) is -1.98. The maximum atomic E-state index is 13.3. The summed E-state index contributed by atoms with van der Waals surface area (Å²) in [7, 11) is 0. The number of carbonyl (C=O) groups is 1. The highest BCUT2D eigenvalue weighted by Crippen LogP contribution is 2.37. The number of carbonyl (C=O) groups excluding carboxylic acids is 1. The fourth-order valence-corrected chi connectivity index (χ4v) is 2.32. The second kappa shape index (κ2) is 10.0. The Morgan fingerprint density at radius 2 is 1.69 bits per heavy atom. The minimum absolute atomic E-state index is 0. The third kappa shape index (κ3) is 6.57. The van der Waals surface area contributed by atoms with Crippen LogP contribution in [-0.2, 0) is 4.79 Å². The largest absolute Gasteiger partial charge is 0.492 e. The van der Waals surface area contributed by atoms with Crippen molar-refractivity contribution in [3.05, 3.63) is 60.2 Å². The molecule has 3 N–H and O–H groups in total. The van der Waals surface area contributed by atoms with Gasteiger partial charge in [0.2, 0.25) is 5.91 Å². The molecule has 0 spiro atoms. The summed E-state index contributed by atoms with van der Waals surface area (Å²) in [5, 5.41) is 2.48. The van der Waals surface area contributed by atoms with Crippen LogP contribution in [-0.4, -0.2) is 25.2 Å². The number of benzene rings is 2. The van der Waals surface area contributed by atoms with Crippen molar-refractivity contribution in [3.63, 3.8) is 0 Å². The van der Waals surface area contributed by atoms with E-state index in [1.165, 1.54) is 24.3 Å². The predicted molar refractivity (Wildman–Crippen MR) is 96.7 cm³/mol. The van der Waals surface area contributed by atoms with Gasteiger partial charge in [0.15, 0.2) is 0 Å². The molecule has 1 amide bonds. The first-order valence-corrected chi connectivity index (χ1v) is 7.74. The Morgan fingerprint density at radius 3 is 2.23 bits per heavy atom. The summed E-state index contributed by atoms with van der Waals surface area (Å²) in [4.78, 5) is 12.0. The first-order chi connectivity index (χ1) is 11.9. The lowest BCUT2D eigenvalue weighted by atomic mass is 9.95. The van der Waals surface area contributed by atoms with E-state index >= 15 is 0 Å². The summed E-state index contributed by atoms with van der Waals surface area (Å²) in [6.45, 7) is 0.729. The Kier molecular flexibility index (Phi) is 8.41. The molecule has 1 unspecified atom stereocenters. The third-order valence-corrected chi connectivity index (χ3v) is 3.51. The van der Waals surface area contributed by atoms with Crippen LogP contribution in [0.25, 0.3) is 0 Å². The Bertz CT molecular complexity index is 679. The lowest BCUT2D eigenvalue weighted by Crippen LogP contribution is -2.26. The normalized spacial score (nSPS) is 12.0. The zero-order valence-corrected chi connectivity index (χ0v) is 14.6. The minimum atomic E-state index is -4.50. The summed E-state index contributed by atoms with van der Waals surface area (Å²) in [6, 6.07) is 13.8. The number of nitrogens with one attached hydrogen (secondary N) is 1. The molecule has 0 aliphatic rings. The van der Waals surface area contributed by atoms with Crippen molar-refractivity contribution in [2.75, 3.05) is 18.5 Å². The van der Waals surface area contributed by atoms with Gasteiger partial charge in [-0.05, 0) is 29.8 Å². The van der Waals surface area contributed by atoms with Crippen molar-refractivity contribution >= 4 is 24.0 Å². The second-order valence-corrected chi connectivity index (χ2v) is 5.42. The number of amides is 1. The number of anilines is 1. The van der Waals surface area contributed by atoms with Crippen molar-refractivity contribution in [1.82, 2.24) is 0 Å². The summed E-state index contributed by atoms with van der Waals surface area (Å²) in [6.07, 6.45) is -5.18. The molecule has 4 nitrogen and oxygen atoms in total. The Balaban J connectivity index is 0.00000338. The smallest absolute Gasteiger partial charge is 0.396 e. The molecule has 0 radical (unpaired) electrons. The second-order valence-electron chi connectivity index (χ2n) is 5.42. The van der Waals surface area contributed by atoms with Gasteiger partial charge < -0.3 is 15.8 Å². The van der Waals surface area contributed by atoms with Gasteiger partial charge in [0.1, 0.15) is 12.4 Å². The Hall–Kier alpha value is -2.25. The standard InChI is InChI=1S/C18H19F3N2O2.ClH/c19-18(20,21)16(13-4-2-1-3-5-13)12-17(24)23-14-6-8-15(9-7-14)25-11-10-22;/h1-9,16H,10-12,22H2,(H,23,24);1H. The zero-order valence-electron chi connectivity index (χ0n) is 13.8. The summed E-state index contributed by atoms with van der Waals surface area (Å²) < 4.78 is 45.1. The molecular formula is C18H20ClF3N2O2. The molecule has 1 atom stereocenters. The van der Waals surface area contributed by atoms with Crippen LogP contribution in [0.2, 0.25) is 0 Å². The number of halogens is 4. The molecule has 142 valence electrons. The molecule has 0 aliphatic carbocycles. The number of hydrogen-bond acceptors (Lipinski definition) is 3. The van der Waals surface area contributed by atoms with Crippen LogP contribution in [0.15, 0.2) is 54.6 Å². The first-order valence-electron chi connectivity index (χ1n) is 7.74. The van der Waals surface area contributed by atoms with Crippen molar-refractivity contribution in [2.24, 2.45) is 5.73 Å². The number of ether oxygens (including phenoxy) is 1. The fourth-order valence-electron chi connectivity index (χ4n) is 2.32. The highest BCUT2D eigenvalue weighted by Gasteiger charge is 2.41. The molecule has 2 aromatic rings. The number of nitrogens with two attached hydrogens (primary N) is 1. The molecule has 26 heavy (non-hydrogen) atoms. The van der Waals surface area contributed by atoms with Gasteiger partial charge in [0.25, 0.3) is 0 Å². The van der Waals surface area contributed by atoms with Gasteiger partial charge in [-0.1, -0.05) is 30.3 Å². The van der Waals surface area contributed by atoms with Crippen molar-refractivity contribution < 1.29 is 22.7 Å². The third-order valence-electron chi connectivity index (χ3n) is 3.51. The minimum Gasteiger partial charge on any atom is -0.492 e. The van der Waals surface area contributed by atoms with Gasteiger partial charge in [-0.25, -0.2) is 0 Å². The topological polar surface area (TPSA) is 64.3 Å². The van der Waals surface area contributed by atoms with E-state index < -0.39 is 24.4 Å². The maximum Gasteiger partial charge on any atom is 0.396 e. The van der Waals surface area contributed by atoms with Crippen LogP contribution in [0.1, 0.15) is 17.9 Å². The van der Waals surface area contributed by atoms with E-state index in [1.54, 1.807) is 30.3 Å². The van der Waals surface area contributed by atoms with Crippen LogP contribution in [0.4, 0.5) is 18.9 Å². The predicted octanol–water partition coefficient (Wildman–Crippen LogP) is 4.12. The number of hydrogen-bond donors (Lipinski definition) is 2. The van der Waals surface area contributed by atoms with E-state index in [1.807, 2.05) is 0 Å². The lowest BCUT2D eigenvalue weighted by Gasteiger charge is -2.20. The molecule has 8 heteroatoms. The van der Waals surface area contributed by atoms with Gasteiger partial charge in [-0.15, -0.1) is 12.4 Å². The molecule has 0 saturated heterocycles. The molecule has 0 fully saturated rings. The lowest BCUT2D eigenvalue weighted by molar-refractivity contribution is -0.155. The maximum absolute atomic E-state index is 13.3. The molecule has 2 rings (SSSR count). The molecule has 0 bridgehead atoms. The molecule has 2 aromatic carbocycles. The van der Waals surface area contributed by atoms with Crippen molar-refractivity contribution in [1.29, 1.82) is 0 Å². The van der Waals surface area contributed by atoms with Gasteiger partial charge in [-0.2, -0.15) is 13.2 Å². The highest BCUT2D eigenvalue weighted by molar-refractivity contribution is 5.91. The SMILES string of the molecule is Cl.NCCOc1ccc(NC(=O)CC(c2ccccc2)C(F)(F)F)cc1. The molecule has 0 aromatic heterocycles. The van der Waals surface area contributed by atoms with Crippen LogP contribution in [0, 0.1) is 0 Å². The van der Waals surface area contributed by atoms with Crippen LogP contribution in [0.3, 0.4) is 0 Å². The highest BCUT2D eigenvalue weighted by atomic mass is 35.5. The molecule has 0 aliphatic heterocycles. The Labute approximate surface area is 155 Å². The average Bonchev–Trinajstić information content (AvgIpc) is 2.59. The van der Waals surface area contributed by atoms with Crippen LogP contribution >= 0.6 is 12.4 Å². The summed E-state index contributed by atoms with van der Waals surface area (Å²) in [5.41, 5.74) is 5.80. The van der Waals surface area contributed by atoms with E-state index in [0.29, 0.717) is 24.6 Å². The average molecular weight is 389 g/mol. The Morgan fingerprint density at radius 1 is 1.08 bits per heavy atom. The van der Waals surface area contributed by atoms with E-state index in [9.17, 15) is 18.0 Å². The van der Waals surface area contributed by atoms with E-state index in [4.69, 9.17) is 10.5 Å². The van der Waals surface area contributed by atoms with E-state index in [0.717, 1.165) is 0 Å². The van der Waals surface area contributed by atoms with E-state index in [-0.39, 0.29) is 18.0 Å². The van der Waals surface area contributed by atoms with E-state index in [2.05, 4.69) is 5.32 Å². The van der Waals surface area contributed by atoms with Crippen molar-refractivity contribution in [2.45, 2.75) is 18.5 Å². The zero-order chi connectivity index (χ0) is 18.3. The molecular weight excluding hydrogens is 369 g/mol. The monoisotopic (exact) mass is 388 g/mol. The van der Waals surface area contributed by atoms with Crippen LogP contribution in [0.5, 0.6) is 5.75 Å². The summed E-state index contributed by atoms with van der Waals surface area (Å²) >= 11 is 0. The van der Waals surface area contributed by atoms with Crippen LogP contribution < -0.4 is 15.8 Å². The van der Waals surface area contributed by atoms with Gasteiger partial charge in [-0.3, -0.25) is 4.79 Å². The van der Waals surface area contributed by atoms with Gasteiger partial charge in [0, 0.05) is 18.7 Å². The number of alkyl halides is 3. The molecule has 0 saturated carbocycles. The van der Waals surface area contributed by atoms with Gasteiger partial charge >= 0.3 is 6.18 Å². The fraction of sp³-hybridized carbons (Fsp3) is 0.278. The quantitative estimate of drug-likeness (QED) is 0.749. The molecule has 0 heterocycles. The number of rotatable bonds is 7.